The van der Waals surface area contributed by atoms with Crippen molar-refractivity contribution in [1.29, 1.82) is 0 Å². The molecular formula is C30H38N4O6. The number of ether oxygens (including phenoxy) is 1. The Balaban J connectivity index is 1.19. The predicted molar refractivity (Wildman–Crippen MR) is 148 cm³/mol. The smallest absolute Gasteiger partial charge is 0.410 e. The van der Waals surface area contributed by atoms with Crippen molar-refractivity contribution in [3.8, 4) is 0 Å². The Bertz CT molecular complexity index is 1180. The summed E-state index contributed by atoms with van der Waals surface area (Å²) in [6, 6.07) is 12.9. The van der Waals surface area contributed by atoms with Crippen LogP contribution >= 0.6 is 0 Å². The fourth-order valence-electron chi connectivity index (χ4n) is 5.34. The predicted octanol–water partition coefficient (Wildman–Crippen LogP) is 4.28. The average Bonchev–Trinajstić information content (AvgIpc) is 2.99. The van der Waals surface area contributed by atoms with Gasteiger partial charge >= 0.3 is 12.1 Å². The van der Waals surface area contributed by atoms with Gasteiger partial charge in [-0.05, 0) is 56.6 Å². The maximum absolute atomic E-state index is 13.0. The highest BCUT2D eigenvalue weighted by atomic mass is 16.6. The second-order valence-electron chi connectivity index (χ2n) is 10.7. The Morgan fingerprint density at radius 1 is 1.02 bits per heavy atom. The highest BCUT2D eigenvalue weighted by Crippen LogP contribution is 2.26. The Kier molecular flexibility index (Phi) is 10.1. The second kappa shape index (κ2) is 13.9. The number of carbonyl (C=O) groups is 4. The Morgan fingerprint density at radius 3 is 2.50 bits per heavy atom. The number of pyridine rings is 1. The molecule has 2 aliphatic heterocycles. The first-order valence-electron chi connectivity index (χ1n) is 14.0. The molecule has 4 rings (SSSR count). The van der Waals surface area contributed by atoms with Crippen LogP contribution in [0.5, 0.6) is 0 Å². The number of aromatic nitrogens is 1. The summed E-state index contributed by atoms with van der Waals surface area (Å²) in [5.74, 6) is -1.77. The molecule has 10 heteroatoms. The number of carboxylic acids is 1. The first-order chi connectivity index (χ1) is 19.3. The molecule has 2 N–H and O–H groups in total. The molecule has 214 valence electrons. The molecule has 1 aromatic heterocycles. The number of aliphatic carboxylic acids is 1. The van der Waals surface area contributed by atoms with Crippen LogP contribution in [0.1, 0.15) is 62.5 Å². The van der Waals surface area contributed by atoms with E-state index in [2.05, 4.69) is 10.3 Å². The summed E-state index contributed by atoms with van der Waals surface area (Å²) in [6.45, 7) is 4.01. The monoisotopic (exact) mass is 550 g/mol. The van der Waals surface area contributed by atoms with E-state index >= 15 is 0 Å². The van der Waals surface area contributed by atoms with Crippen molar-refractivity contribution in [1.82, 2.24) is 14.8 Å². The highest BCUT2D eigenvalue weighted by molar-refractivity contribution is 5.94. The maximum atomic E-state index is 13.0. The third-order valence-electron chi connectivity index (χ3n) is 7.91. The zero-order valence-electron chi connectivity index (χ0n) is 23.0. The van der Waals surface area contributed by atoms with Crippen LogP contribution in [0.25, 0.3) is 0 Å². The van der Waals surface area contributed by atoms with E-state index in [0.717, 1.165) is 31.2 Å². The molecule has 1 aromatic carbocycles. The van der Waals surface area contributed by atoms with Gasteiger partial charge in [-0.25, -0.2) is 9.78 Å². The molecule has 2 saturated heterocycles. The van der Waals surface area contributed by atoms with E-state index in [1.54, 1.807) is 28.9 Å². The van der Waals surface area contributed by atoms with Crippen molar-refractivity contribution < 1.29 is 29.0 Å². The molecule has 2 aliphatic rings. The van der Waals surface area contributed by atoms with Crippen LogP contribution in [-0.2, 0) is 25.7 Å². The number of piperidine rings is 2. The second-order valence-corrected chi connectivity index (χ2v) is 10.7. The molecule has 0 aliphatic carbocycles. The van der Waals surface area contributed by atoms with E-state index in [4.69, 9.17) is 4.74 Å². The standard InChI is InChI=1S/C30H38N4O6/c1-21(29(37)38)25-10-5-15-31-27(25)32-28(36)24-9-6-16-34(19-24)26(35)12-11-22-13-17-33(18-14-22)30(39)40-20-23-7-3-2-4-8-23/h2-5,7-8,10,15,21-22,24H,6,9,11-14,16-20H2,1H3,(H,37,38)(H,31,32,36). The van der Waals surface area contributed by atoms with Crippen LogP contribution in [0.2, 0.25) is 0 Å². The first-order valence-corrected chi connectivity index (χ1v) is 14.0. The van der Waals surface area contributed by atoms with E-state index in [1.807, 2.05) is 30.3 Å². The van der Waals surface area contributed by atoms with Crippen molar-refractivity contribution in [3.63, 3.8) is 0 Å². The van der Waals surface area contributed by atoms with Crippen LogP contribution in [0, 0.1) is 11.8 Å². The number of benzene rings is 1. The van der Waals surface area contributed by atoms with E-state index in [1.165, 1.54) is 6.20 Å². The molecule has 2 atom stereocenters. The van der Waals surface area contributed by atoms with Crippen LogP contribution in [0.4, 0.5) is 10.6 Å². The van der Waals surface area contributed by atoms with Crippen molar-refractivity contribution in [2.24, 2.45) is 11.8 Å². The van der Waals surface area contributed by atoms with Gasteiger partial charge in [0, 0.05) is 44.4 Å². The number of carboxylic acid groups (broad SMARTS) is 1. The van der Waals surface area contributed by atoms with Gasteiger partial charge in [0.25, 0.3) is 0 Å². The molecular weight excluding hydrogens is 512 g/mol. The maximum Gasteiger partial charge on any atom is 0.410 e. The van der Waals surface area contributed by atoms with Crippen LogP contribution < -0.4 is 5.32 Å². The third kappa shape index (κ3) is 7.80. The summed E-state index contributed by atoms with van der Waals surface area (Å²) in [4.78, 5) is 57.6. The van der Waals surface area contributed by atoms with Gasteiger partial charge in [-0.2, -0.15) is 0 Å². The van der Waals surface area contributed by atoms with E-state index in [0.29, 0.717) is 50.5 Å². The van der Waals surface area contributed by atoms with Gasteiger partial charge in [0.2, 0.25) is 11.8 Å². The Labute approximate surface area is 234 Å². The van der Waals surface area contributed by atoms with Gasteiger partial charge in [0.05, 0.1) is 11.8 Å². The SMILES string of the molecule is CC(C(=O)O)c1cccnc1NC(=O)C1CCCN(C(=O)CCC2CCN(C(=O)OCc3ccccc3)CC2)C1. The summed E-state index contributed by atoms with van der Waals surface area (Å²) in [7, 11) is 0. The zero-order valence-corrected chi connectivity index (χ0v) is 23.0. The van der Waals surface area contributed by atoms with E-state index < -0.39 is 11.9 Å². The van der Waals surface area contributed by atoms with Crippen LogP contribution in [0.3, 0.4) is 0 Å². The molecule has 0 saturated carbocycles. The number of hydrogen-bond donors (Lipinski definition) is 2. The molecule has 2 fully saturated rings. The molecule has 0 bridgehead atoms. The lowest BCUT2D eigenvalue weighted by Crippen LogP contribution is -2.44. The lowest BCUT2D eigenvalue weighted by molar-refractivity contribution is -0.138. The van der Waals surface area contributed by atoms with E-state index in [-0.39, 0.29) is 36.3 Å². The number of likely N-dealkylation sites (tertiary alicyclic amines) is 2. The molecule has 3 amide bonds. The highest BCUT2D eigenvalue weighted by Gasteiger charge is 2.30. The molecule has 40 heavy (non-hydrogen) atoms. The van der Waals surface area contributed by atoms with Gasteiger partial charge in [-0.15, -0.1) is 0 Å². The zero-order chi connectivity index (χ0) is 28.5. The number of amides is 3. The van der Waals surface area contributed by atoms with Crippen LogP contribution in [-0.4, -0.2) is 69.9 Å². The molecule has 2 aromatic rings. The van der Waals surface area contributed by atoms with Gasteiger partial charge in [0.15, 0.2) is 0 Å². The Hall–Kier alpha value is -3.95. The third-order valence-corrected chi connectivity index (χ3v) is 7.91. The summed E-state index contributed by atoms with van der Waals surface area (Å²) in [6.07, 6.45) is 5.44. The number of nitrogens with one attached hydrogen (secondary N) is 1. The van der Waals surface area contributed by atoms with Crippen molar-refractivity contribution in [3.05, 3.63) is 59.8 Å². The van der Waals surface area contributed by atoms with Crippen molar-refractivity contribution >= 4 is 29.7 Å². The summed E-state index contributed by atoms with van der Waals surface area (Å²) in [5.41, 5.74) is 1.40. The number of nitrogens with zero attached hydrogens (tertiary/aromatic N) is 3. The fraction of sp³-hybridized carbons (Fsp3) is 0.500. The summed E-state index contributed by atoms with van der Waals surface area (Å²) >= 11 is 0. The van der Waals surface area contributed by atoms with Crippen molar-refractivity contribution in [2.45, 2.75) is 58.0 Å². The Morgan fingerprint density at radius 2 is 1.77 bits per heavy atom. The summed E-state index contributed by atoms with van der Waals surface area (Å²) in [5, 5.41) is 12.2. The number of anilines is 1. The number of hydrogen-bond acceptors (Lipinski definition) is 6. The lowest BCUT2D eigenvalue weighted by atomic mass is 9.91. The molecule has 10 nitrogen and oxygen atoms in total. The fourth-order valence-corrected chi connectivity index (χ4v) is 5.34. The van der Waals surface area contributed by atoms with Gasteiger partial charge in [0.1, 0.15) is 12.4 Å². The minimum atomic E-state index is -0.994. The summed E-state index contributed by atoms with van der Waals surface area (Å²) < 4.78 is 5.44. The topological polar surface area (TPSA) is 129 Å². The first kappa shape index (κ1) is 29.0. The molecule has 2 unspecified atom stereocenters. The lowest BCUT2D eigenvalue weighted by Gasteiger charge is -2.34. The largest absolute Gasteiger partial charge is 0.481 e. The molecule has 0 radical (unpaired) electrons. The van der Waals surface area contributed by atoms with Gasteiger partial charge < -0.3 is 25.0 Å². The quantitative estimate of drug-likeness (QED) is 0.477. The minimum absolute atomic E-state index is 0.0419. The van der Waals surface area contributed by atoms with Crippen molar-refractivity contribution in [2.75, 3.05) is 31.5 Å². The molecule has 0 spiro atoms. The van der Waals surface area contributed by atoms with Gasteiger partial charge in [-0.1, -0.05) is 36.4 Å². The normalized spacial score (nSPS) is 18.6. The minimum Gasteiger partial charge on any atom is -0.481 e. The number of rotatable bonds is 9. The number of carbonyl (C=O) groups excluding carboxylic acids is 3. The molecule has 3 heterocycles. The average molecular weight is 551 g/mol. The van der Waals surface area contributed by atoms with Gasteiger partial charge in [-0.3, -0.25) is 14.4 Å². The van der Waals surface area contributed by atoms with E-state index in [9.17, 15) is 24.3 Å². The van der Waals surface area contributed by atoms with Crippen LogP contribution in [0.15, 0.2) is 48.7 Å².